The molecule has 0 radical (unpaired) electrons. The van der Waals surface area contributed by atoms with E-state index in [1.807, 2.05) is 0 Å². The monoisotopic (exact) mass is 392 g/mol. The summed E-state index contributed by atoms with van der Waals surface area (Å²) in [5.74, 6) is -0.483. The molecule has 122 valence electrons. The third kappa shape index (κ3) is 5.47. The standard InChI is InChI=1S/C12H10Cl2N4O3S2/c1-23(20,21)18-12-17-16-11(22-12)15-10(19)6-5-7-8(13)3-2-4-9(7)14/h2-6H,1H3,(H,17,18)(H,15,16,19)/b6-5+. The number of amides is 1. The van der Waals surface area contributed by atoms with Crippen molar-refractivity contribution in [2.75, 3.05) is 16.3 Å². The average Bonchev–Trinajstić information content (AvgIpc) is 2.83. The first kappa shape index (κ1) is 17.7. The molecule has 0 atom stereocenters. The summed E-state index contributed by atoms with van der Waals surface area (Å²) in [5, 5.41) is 10.7. The summed E-state index contributed by atoms with van der Waals surface area (Å²) in [7, 11) is -3.45. The summed E-state index contributed by atoms with van der Waals surface area (Å²) < 4.78 is 24.3. The molecule has 1 aromatic heterocycles. The largest absolute Gasteiger partial charge is 0.297 e. The third-order valence-electron chi connectivity index (χ3n) is 2.33. The Labute approximate surface area is 146 Å². The van der Waals surface area contributed by atoms with Gasteiger partial charge in [-0.2, -0.15) is 0 Å². The highest BCUT2D eigenvalue weighted by atomic mass is 35.5. The Balaban J connectivity index is 2.04. The molecule has 7 nitrogen and oxygen atoms in total. The number of benzene rings is 1. The van der Waals surface area contributed by atoms with Crippen LogP contribution in [0, 0.1) is 0 Å². The topological polar surface area (TPSA) is 101 Å². The van der Waals surface area contributed by atoms with Crippen molar-refractivity contribution < 1.29 is 13.2 Å². The maximum atomic E-state index is 11.8. The molecule has 0 aliphatic carbocycles. The Kier molecular flexibility index (Phi) is 5.58. The molecule has 1 amide bonds. The van der Waals surface area contributed by atoms with Crippen LogP contribution in [0.25, 0.3) is 6.08 Å². The molecular formula is C12H10Cl2N4O3S2. The van der Waals surface area contributed by atoms with E-state index in [1.54, 1.807) is 18.2 Å². The molecule has 0 unspecified atom stereocenters. The molecule has 2 N–H and O–H groups in total. The van der Waals surface area contributed by atoms with Crippen molar-refractivity contribution in [1.29, 1.82) is 0 Å². The molecule has 0 fully saturated rings. The van der Waals surface area contributed by atoms with Crippen LogP contribution in [0.4, 0.5) is 10.3 Å². The number of nitrogens with one attached hydrogen (secondary N) is 2. The Morgan fingerprint density at radius 2 is 1.83 bits per heavy atom. The van der Waals surface area contributed by atoms with Crippen molar-refractivity contribution in [2.45, 2.75) is 0 Å². The molecule has 0 aliphatic heterocycles. The highest BCUT2D eigenvalue weighted by Gasteiger charge is 2.10. The number of rotatable bonds is 5. The zero-order chi connectivity index (χ0) is 17.0. The lowest BCUT2D eigenvalue weighted by atomic mass is 10.2. The highest BCUT2D eigenvalue weighted by Crippen LogP contribution is 2.25. The summed E-state index contributed by atoms with van der Waals surface area (Å²) in [5.41, 5.74) is 0.516. The van der Waals surface area contributed by atoms with E-state index in [9.17, 15) is 13.2 Å². The number of carbonyl (C=O) groups is 1. The minimum Gasteiger partial charge on any atom is -0.297 e. The summed E-state index contributed by atoms with van der Waals surface area (Å²) >= 11 is 12.9. The number of halogens is 2. The third-order valence-corrected chi connectivity index (χ3v) is 4.44. The molecule has 2 aromatic rings. The van der Waals surface area contributed by atoms with Gasteiger partial charge in [-0.3, -0.25) is 14.8 Å². The van der Waals surface area contributed by atoms with E-state index in [-0.39, 0.29) is 10.3 Å². The Hall–Kier alpha value is -1.68. The second-order valence-electron chi connectivity index (χ2n) is 4.24. The smallest absolute Gasteiger partial charge is 0.250 e. The van der Waals surface area contributed by atoms with Crippen LogP contribution >= 0.6 is 34.5 Å². The van der Waals surface area contributed by atoms with Gasteiger partial charge in [-0.25, -0.2) is 8.42 Å². The van der Waals surface area contributed by atoms with Gasteiger partial charge in [0.25, 0.3) is 0 Å². The van der Waals surface area contributed by atoms with Gasteiger partial charge in [0, 0.05) is 21.7 Å². The minimum atomic E-state index is -3.45. The van der Waals surface area contributed by atoms with Crippen molar-refractivity contribution in [2.24, 2.45) is 0 Å². The number of hydrogen-bond acceptors (Lipinski definition) is 6. The second kappa shape index (κ2) is 7.26. The molecule has 0 saturated heterocycles. The minimum absolute atomic E-state index is 0.0564. The van der Waals surface area contributed by atoms with Crippen molar-refractivity contribution in [3.8, 4) is 0 Å². The lowest BCUT2D eigenvalue weighted by molar-refractivity contribution is -0.111. The number of nitrogens with zero attached hydrogens (tertiary/aromatic N) is 2. The van der Waals surface area contributed by atoms with Crippen molar-refractivity contribution in [3.63, 3.8) is 0 Å². The van der Waals surface area contributed by atoms with Gasteiger partial charge >= 0.3 is 0 Å². The van der Waals surface area contributed by atoms with Gasteiger partial charge in [0.15, 0.2) is 0 Å². The van der Waals surface area contributed by atoms with Crippen LogP contribution in [0.2, 0.25) is 10.0 Å². The van der Waals surface area contributed by atoms with E-state index in [0.29, 0.717) is 15.6 Å². The second-order valence-corrected chi connectivity index (χ2v) is 7.78. The lowest BCUT2D eigenvalue weighted by Crippen LogP contribution is -2.09. The van der Waals surface area contributed by atoms with E-state index in [1.165, 1.54) is 12.2 Å². The van der Waals surface area contributed by atoms with Gasteiger partial charge in [-0.05, 0) is 18.2 Å². The Bertz CT molecular complexity index is 845. The van der Waals surface area contributed by atoms with Crippen molar-refractivity contribution in [3.05, 3.63) is 39.9 Å². The van der Waals surface area contributed by atoms with E-state index < -0.39 is 15.9 Å². The van der Waals surface area contributed by atoms with E-state index in [2.05, 4.69) is 20.2 Å². The first-order valence-electron chi connectivity index (χ1n) is 5.99. The van der Waals surface area contributed by atoms with Crippen LogP contribution in [0.15, 0.2) is 24.3 Å². The lowest BCUT2D eigenvalue weighted by Gasteiger charge is -2.00. The first-order chi connectivity index (χ1) is 10.7. The molecule has 1 heterocycles. The zero-order valence-electron chi connectivity index (χ0n) is 11.6. The Morgan fingerprint density at radius 3 is 2.43 bits per heavy atom. The van der Waals surface area contributed by atoms with E-state index in [4.69, 9.17) is 23.2 Å². The molecule has 0 saturated carbocycles. The summed E-state index contributed by atoms with van der Waals surface area (Å²) in [4.78, 5) is 11.8. The zero-order valence-corrected chi connectivity index (χ0v) is 14.7. The normalized spacial score (nSPS) is 11.6. The van der Waals surface area contributed by atoms with Crippen molar-refractivity contribution >= 4 is 66.8 Å². The SMILES string of the molecule is CS(=O)(=O)Nc1nnc(NC(=O)/C=C/c2c(Cl)cccc2Cl)s1. The quantitative estimate of drug-likeness (QED) is 0.761. The maximum absolute atomic E-state index is 11.8. The van der Waals surface area contributed by atoms with Crippen LogP contribution in [0.5, 0.6) is 0 Å². The van der Waals surface area contributed by atoms with Crippen LogP contribution in [-0.4, -0.2) is 30.8 Å². The van der Waals surface area contributed by atoms with Gasteiger partial charge in [0.1, 0.15) is 0 Å². The first-order valence-corrected chi connectivity index (χ1v) is 9.45. The van der Waals surface area contributed by atoms with Crippen LogP contribution in [0.3, 0.4) is 0 Å². The van der Waals surface area contributed by atoms with Gasteiger partial charge in [0.2, 0.25) is 26.2 Å². The van der Waals surface area contributed by atoms with Crippen LogP contribution in [-0.2, 0) is 14.8 Å². The average molecular weight is 393 g/mol. The number of sulfonamides is 1. The summed E-state index contributed by atoms with van der Waals surface area (Å²) in [6, 6.07) is 5.00. The fourth-order valence-electron chi connectivity index (χ4n) is 1.45. The number of aromatic nitrogens is 2. The van der Waals surface area contributed by atoms with E-state index in [0.717, 1.165) is 17.6 Å². The number of hydrogen-bond donors (Lipinski definition) is 2. The predicted octanol–water partition coefficient (Wildman–Crippen LogP) is 2.87. The maximum Gasteiger partial charge on any atom is 0.250 e. The van der Waals surface area contributed by atoms with Gasteiger partial charge in [-0.15, -0.1) is 10.2 Å². The van der Waals surface area contributed by atoms with Crippen molar-refractivity contribution in [1.82, 2.24) is 10.2 Å². The van der Waals surface area contributed by atoms with Gasteiger partial charge < -0.3 is 0 Å². The number of carbonyl (C=O) groups excluding carboxylic acids is 1. The Morgan fingerprint density at radius 1 is 1.22 bits per heavy atom. The molecule has 2 rings (SSSR count). The molecule has 0 bridgehead atoms. The van der Waals surface area contributed by atoms with Gasteiger partial charge in [0.05, 0.1) is 6.26 Å². The molecular weight excluding hydrogens is 383 g/mol. The van der Waals surface area contributed by atoms with Crippen LogP contribution in [0.1, 0.15) is 5.56 Å². The predicted molar refractivity (Wildman–Crippen MR) is 92.5 cm³/mol. The molecule has 0 spiro atoms. The molecule has 1 aromatic carbocycles. The highest BCUT2D eigenvalue weighted by molar-refractivity contribution is 7.92. The number of anilines is 2. The fraction of sp³-hybridized carbons (Fsp3) is 0.0833. The molecule has 11 heteroatoms. The van der Waals surface area contributed by atoms with E-state index >= 15 is 0 Å². The fourth-order valence-corrected chi connectivity index (χ4v) is 3.45. The molecule has 23 heavy (non-hydrogen) atoms. The summed E-state index contributed by atoms with van der Waals surface area (Å²) in [6.07, 6.45) is 3.69. The summed E-state index contributed by atoms with van der Waals surface area (Å²) in [6.45, 7) is 0. The van der Waals surface area contributed by atoms with Crippen LogP contribution < -0.4 is 10.0 Å². The van der Waals surface area contributed by atoms with Gasteiger partial charge in [-0.1, -0.05) is 40.6 Å². The molecule has 0 aliphatic rings.